The summed E-state index contributed by atoms with van der Waals surface area (Å²) in [6.07, 6.45) is 0.820. The van der Waals surface area contributed by atoms with Crippen LogP contribution in [-0.2, 0) is 6.42 Å². The number of hydrogen-bond donors (Lipinski definition) is 1. The van der Waals surface area contributed by atoms with Crippen LogP contribution in [0.15, 0.2) is 59.1 Å². The monoisotopic (exact) mass is 502 g/mol. The van der Waals surface area contributed by atoms with Gasteiger partial charge < -0.3 is 10.1 Å². The highest BCUT2D eigenvalue weighted by atomic mass is 79.9. The first-order valence-corrected chi connectivity index (χ1v) is 11.8. The molecule has 4 aromatic rings. The number of hydrogen-bond acceptors (Lipinski definition) is 3. The van der Waals surface area contributed by atoms with Gasteiger partial charge in [0.25, 0.3) is 5.91 Å². The first-order valence-electron chi connectivity index (χ1n) is 11.0. The van der Waals surface area contributed by atoms with E-state index >= 15 is 0 Å². The number of aromatic nitrogens is 1. The Morgan fingerprint density at radius 2 is 1.76 bits per heavy atom. The van der Waals surface area contributed by atoms with Crippen LogP contribution in [0.25, 0.3) is 22.2 Å². The highest BCUT2D eigenvalue weighted by molar-refractivity contribution is 9.10. The molecule has 0 saturated carbocycles. The Morgan fingerprint density at radius 1 is 1.03 bits per heavy atom. The molecule has 5 heteroatoms. The van der Waals surface area contributed by atoms with E-state index < -0.39 is 0 Å². The van der Waals surface area contributed by atoms with E-state index in [2.05, 4.69) is 40.3 Å². The van der Waals surface area contributed by atoms with Gasteiger partial charge in [-0.2, -0.15) is 0 Å². The van der Waals surface area contributed by atoms with Gasteiger partial charge >= 0.3 is 0 Å². The fraction of sp³-hybridized carbons (Fsp3) is 0.214. The quantitative estimate of drug-likeness (QED) is 0.309. The number of aryl methyl sites for hydroxylation is 3. The van der Waals surface area contributed by atoms with Crippen LogP contribution >= 0.6 is 15.9 Å². The Balaban J connectivity index is 1.92. The summed E-state index contributed by atoms with van der Waals surface area (Å²) < 4.78 is 6.30. The van der Waals surface area contributed by atoms with Crippen LogP contribution in [-0.4, -0.2) is 18.0 Å². The van der Waals surface area contributed by atoms with Crippen LogP contribution in [0.2, 0.25) is 0 Å². The molecule has 0 fully saturated rings. The lowest BCUT2D eigenvalue weighted by Gasteiger charge is -2.18. The number of nitrogens with zero attached hydrogens (tertiary/aromatic N) is 1. The molecule has 4 rings (SSSR count). The number of amides is 1. The van der Waals surface area contributed by atoms with Gasteiger partial charge in [-0.25, -0.2) is 4.98 Å². The smallest absolute Gasteiger partial charge is 0.256 e. The Hall–Kier alpha value is -3.18. The summed E-state index contributed by atoms with van der Waals surface area (Å²) in [5, 5.41) is 4.04. The van der Waals surface area contributed by atoms with E-state index in [9.17, 15) is 4.79 Å². The number of anilines is 1. The number of halogens is 1. The van der Waals surface area contributed by atoms with Gasteiger partial charge in [0.15, 0.2) is 0 Å². The molecule has 33 heavy (non-hydrogen) atoms. The number of nitrogens with one attached hydrogen (secondary N) is 1. The maximum absolute atomic E-state index is 13.7. The predicted octanol–water partition coefficient (Wildman–Crippen LogP) is 7.41. The van der Waals surface area contributed by atoms with Crippen LogP contribution in [0.3, 0.4) is 0 Å². The van der Waals surface area contributed by atoms with Crippen LogP contribution < -0.4 is 10.1 Å². The largest absolute Gasteiger partial charge is 0.497 e. The fourth-order valence-corrected chi connectivity index (χ4v) is 4.71. The third kappa shape index (κ3) is 4.51. The molecular formula is C28H27BrN2O2. The molecule has 0 unspecified atom stereocenters. The maximum atomic E-state index is 13.7. The third-order valence-corrected chi connectivity index (χ3v) is 6.45. The molecule has 0 saturated heterocycles. The standard InChI is InChI=1S/C28H27BrN2O2/c1-6-19-15-21(29)9-12-24(19)30-28(32)25-18(4)27(20-7-10-22(33-5)11-8-20)31-26-17(3)13-16(2)14-23(25)26/h7-15H,6H2,1-5H3,(H,30,32). The number of carbonyl (C=O) groups is 1. The van der Waals surface area contributed by atoms with Crippen molar-refractivity contribution in [2.75, 3.05) is 12.4 Å². The van der Waals surface area contributed by atoms with Crippen LogP contribution in [0, 0.1) is 20.8 Å². The summed E-state index contributed by atoms with van der Waals surface area (Å²) in [7, 11) is 1.65. The molecule has 0 spiro atoms. The first kappa shape index (κ1) is 23.0. The molecule has 168 valence electrons. The van der Waals surface area contributed by atoms with Crippen LogP contribution in [0.1, 0.15) is 39.5 Å². The summed E-state index contributed by atoms with van der Waals surface area (Å²) in [6, 6.07) is 17.9. The van der Waals surface area contributed by atoms with Crippen molar-refractivity contribution in [1.82, 2.24) is 4.98 Å². The molecule has 1 aromatic heterocycles. The van der Waals surface area contributed by atoms with Gasteiger partial charge in [0, 0.05) is 21.1 Å². The minimum Gasteiger partial charge on any atom is -0.497 e. The lowest BCUT2D eigenvalue weighted by molar-refractivity contribution is 0.102. The second-order valence-corrected chi connectivity index (χ2v) is 9.19. The molecule has 0 aliphatic rings. The summed E-state index contributed by atoms with van der Waals surface area (Å²) in [4.78, 5) is 18.7. The summed E-state index contributed by atoms with van der Waals surface area (Å²) in [5.74, 6) is 0.654. The highest BCUT2D eigenvalue weighted by Crippen LogP contribution is 2.33. The summed E-state index contributed by atoms with van der Waals surface area (Å²) >= 11 is 3.52. The molecule has 1 heterocycles. The average Bonchev–Trinajstić information content (AvgIpc) is 2.79. The van der Waals surface area contributed by atoms with Crippen molar-refractivity contribution in [1.29, 1.82) is 0 Å². The summed E-state index contributed by atoms with van der Waals surface area (Å²) in [6.45, 7) is 8.14. The molecule has 1 N–H and O–H groups in total. The minimum atomic E-state index is -0.128. The van der Waals surface area contributed by atoms with E-state index in [-0.39, 0.29) is 5.91 Å². The molecular weight excluding hydrogens is 476 g/mol. The van der Waals surface area contributed by atoms with Crippen molar-refractivity contribution < 1.29 is 9.53 Å². The van der Waals surface area contributed by atoms with Crippen LogP contribution in [0.5, 0.6) is 5.75 Å². The fourth-order valence-electron chi connectivity index (χ4n) is 4.30. The summed E-state index contributed by atoms with van der Waals surface area (Å²) in [5.41, 5.74) is 8.15. The number of pyridine rings is 1. The third-order valence-electron chi connectivity index (χ3n) is 5.95. The van der Waals surface area contributed by atoms with Crippen molar-refractivity contribution in [2.24, 2.45) is 0 Å². The number of ether oxygens (including phenoxy) is 1. The van der Waals surface area contributed by atoms with Gasteiger partial charge in [0.2, 0.25) is 0 Å². The number of benzene rings is 3. The molecule has 0 radical (unpaired) electrons. The van der Waals surface area contributed by atoms with Gasteiger partial charge in [-0.05, 0) is 92.4 Å². The zero-order valence-electron chi connectivity index (χ0n) is 19.5. The SMILES string of the molecule is CCc1cc(Br)ccc1NC(=O)c1c(C)c(-c2ccc(OC)cc2)nc2c(C)cc(C)cc12. The Labute approximate surface area is 203 Å². The molecule has 1 amide bonds. The normalized spacial score (nSPS) is 11.0. The lowest BCUT2D eigenvalue weighted by atomic mass is 9.94. The highest BCUT2D eigenvalue weighted by Gasteiger charge is 2.21. The van der Waals surface area contributed by atoms with Crippen molar-refractivity contribution in [3.05, 3.63) is 86.9 Å². The van der Waals surface area contributed by atoms with E-state index in [0.29, 0.717) is 5.56 Å². The number of rotatable bonds is 5. The topological polar surface area (TPSA) is 51.2 Å². The first-order chi connectivity index (χ1) is 15.8. The van der Waals surface area contributed by atoms with Crippen molar-refractivity contribution in [2.45, 2.75) is 34.1 Å². The maximum Gasteiger partial charge on any atom is 0.256 e. The van der Waals surface area contributed by atoms with E-state index in [1.54, 1.807) is 7.11 Å². The Morgan fingerprint density at radius 3 is 2.42 bits per heavy atom. The number of methoxy groups -OCH3 is 1. The predicted molar refractivity (Wildman–Crippen MR) is 139 cm³/mol. The Bertz CT molecular complexity index is 1360. The van der Waals surface area contributed by atoms with Gasteiger partial charge in [-0.3, -0.25) is 4.79 Å². The van der Waals surface area contributed by atoms with E-state index in [4.69, 9.17) is 9.72 Å². The average molecular weight is 503 g/mol. The second kappa shape index (κ2) is 9.36. The van der Waals surface area contributed by atoms with Crippen molar-refractivity contribution in [3.63, 3.8) is 0 Å². The van der Waals surface area contributed by atoms with Crippen molar-refractivity contribution >= 4 is 38.4 Å². The molecule has 4 nitrogen and oxygen atoms in total. The molecule has 0 atom stereocenters. The number of carbonyl (C=O) groups excluding carboxylic acids is 1. The van der Waals surface area contributed by atoms with Crippen LogP contribution in [0.4, 0.5) is 5.69 Å². The van der Waals surface area contributed by atoms with Gasteiger partial charge in [-0.15, -0.1) is 0 Å². The van der Waals surface area contributed by atoms with E-state index in [1.807, 2.05) is 63.2 Å². The minimum absolute atomic E-state index is 0.128. The van der Waals surface area contributed by atoms with Crippen molar-refractivity contribution in [3.8, 4) is 17.0 Å². The van der Waals surface area contributed by atoms with Gasteiger partial charge in [0.05, 0.1) is 23.9 Å². The zero-order valence-corrected chi connectivity index (χ0v) is 21.1. The zero-order chi connectivity index (χ0) is 23.7. The van der Waals surface area contributed by atoms with Gasteiger partial charge in [-0.1, -0.05) is 34.5 Å². The molecule has 0 bridgehead atoms. The Kier molecular flexibility index (Phi) is 6.52. The second-order valence-electron chi connectivity index (χ2n) is 8.28. The van der Waals surface area contributed by atoms with E-state index in [0.717, 1.165) is 66.7 Å². The number of fused-ring (bicyclic) bond motifs is 1. The lowest BCUT2D eigenvalue weighted by Crippen LogP contribution is -2.16. The molecule has 0 aliphatic carbocycles. The van der Waals surface area contributed by atoms with E-state index in [1.165, 1.54) is 0 Å². The molecule has 3 aromatic carbocycles. The molecule has 0 aliphatic heterocycles. The van der Waals surface area contributed by atoms with Gasteiger partial charge in [0.1, 0.15) is 5.75 Å².